The molecule has 5 nitrogen and oxygen atoms in total. The Morgan fingerprint density at radius 2 is 1.84 bits per heavy atom. The second kappa shape index (κ2) is 7.91. The Balaban J connectivity index is 1.68. The van der Waals surface area contributed by atoms with E-state index in [1.807, 2.05) is 12.1 Å². The van der Waals surface area contributed by atoms with Crippen molar-refractivity contribution in [1.82, 2.24) is 4.57 Å². The summed E-state index contributed by atoms with van der Waals surface area (Å²) in [7, 11) is 5.79. The SMILES string of the molecule is [B]CCCn1c(C(C)(C)C)cc2cc(NC(=O)C3(c4ccc(O)c(O)c4)CC3)cc(C)c21. The van der Waals surface area contributed by atoms with Gasteiger partial charge in [-0.3, -0.25) is 4.79 Å². The number of aryl methyl sites for hydroxylation is 2. The summed E-state index contributed by atoms with van der Waals surface area (Å²) in [4.78, 5) is 13.2. The number of phenolic OH excluding ortho intramolecular Hbond substituents is 2. The quantitative estimate of drug-likeness (QED) is 0.367. The van der Waals surface area contributed by atoms with Crippen LogP contribution in [-0.4, -0.2) is 28.5 Å². The molecular formula is C26H31BN2O3. The Kier molecular flexibility index (Phi) is 5.52. The fourth-order valence-electron chi connectivity index (χ4n) is 4.65. The minimum atomic E-state index is -0.655. The highest BCUT2D eigenvalue weighted by molar-refractivity contribution is 6.08. The number of amides is 1. The van der Waals surface area contributed by atoms with Crippen LogP contribution in [0.3, 0.4) is 0 Å². The lowest BCUT2D eigenvalue weighted by Gasteiger charge is -2.22. The van der Waals surface area contributed by atoms with Crippen LogP contribution in [0, 0.1) is 6.92 Å². The van der Waals surface area contributed by atoms with E-state index in [0.29, 0.717) is 19.2 Å². The molecule has 0 spiro atoms. The molecule has 0 saturated heterocycles. The minimum absolute atomic E-state index is 0.0115. The average molecular weight is 430 g/mol. The predicted molar refractivity (Wildman–Crippen MR) is 130 cm³/mol. The Morgan fingerprint density at radius 1 is 1.12 bits per heavy atom. The number of nitrogens with zero attached hydrogens (tertiary/aromatic N) is 1. The molecule has 1 aliphatic rings. The van der Waals surface area contributed by atoms with Crippen LogP contribution in [0.4, 0.5) is 5.69 Å². The summed E-state index contributed by atoms with van der Waals surface area (Å²) < 4.78 is 2.37. The molecule has 4 rings (SSSR count). The summed E-state index contributed by atoms with van der Waals surface area (Å²) in [6.07, 6.45) is 2.99. The highest BCUT2D eigenvalue weighted by atomic mass is 16.3. The number of benzene rings is 2. The third-order valence-corrected chi connectivity index (χ3v) is 6.51. The molecular weight excluding hydrogens is 399 g/mol. The van der Waals surface area contributed by atoms with E-state index in [-0.39, 0.29) is 22.8 Å². The number of aromatic nitrogens is 1. The first-order chi connectivity index (χ1) is 15.1. The average Bonchev–Trinajstić information content (AvgIpc) is 3.43. The van der Waals surface area contributed by atoms with Gasteiger partial charge in [-0.1, -0.05) is 33.2 Å². The molecule has 0 unspecified atom stereocenters. The molecule has 0 bridgehead atoms. The summed E-state index contributed by atoms with van der Waals surface area (Å²) in [5.74, 6) is -0.466. The largest absolute Gasteiger partial charge is 0.504 e. The lowest BCUT2D eigenvalue weighted by Crippen LogP contribution is -2.27. The van der Waals surface area contributed by atoms with Crippen LogP contribution in [0.5, 0.6) is 11.5 Å². The van der Waals surface area contributed by atoms with Crippen molar-refractivity contribution < 1.29 is 15.0 Å². The van der Waals surface area contributed by atoms with Gasteiger partial charge in [0.1, 0.15) is 0 Å². The molecule has 1 aromatic heterocycles. The Hall–Kier alpha value is -2.89. The number of carbonyl (C=O) groups excluding carboxylic acids is 1. The predicted octanol–water partition coefficient (Wildman–Crippen LogP) is 5.31. The number of phenols is 2. The Labute approximate surface area is 190 Å². The first-order valence-electron chi connectivity index (χ1n) is 11.3. The molecule has 1 saturated carbocycles. The van der Waals surface area contributed by atoms with Gasteiger partial charge in [0.15, 0.2) is 11.5 Å². The minimum Gasteiger partial charge on any atom is -0.504 e. The van der Waals surface area contributed by atoms with E-state index in [0.717, 1.165) is 35.2 Å². The van der Waals surface area contributed by atoms with Gasteiger partial charge in [-0.05, 0) is 67.6 Å². The van der Waals surface area contributed by atoms with Crippen molar-refractivity contribution >= 4 is 30.3 Å². The monoisotopic (exact) mass is 430 g/mol. The lowest BCUT2D eigenvalue weighted by atomic mass is 9.91. The molecule has 2 aromatic carbocycles. The number of fused-ring (bicyclic) bond motifs is 1. The molecule has 1 aliphatic carbocycles. The third-order valence-electron chi connectivity index (χ3n) is 6.51. The first kappa shape index (κ1) is 22.3. The second-order valence-electron chi connectivity index (χ2n) is 10.0. The number of hydrogen-bond donors (Lipinski definition) is 3. The maximum absolute atomic E-state index is 13.2. The van der Waals surface area contributed by atoms with Crippen molar-refractivity contribution in [2.24, 2.45) is 0 Å². The maximum atomic E-state index is 13.2. The molecule has 1 fully saturated rings. The summed E-state index contributed by atoms with van der Waals surface area (Å²) in [5.41, 5.74) is 4.38. The zero-order chi connectivity index (χ0) is 23.3. The maximum Gasteiger partial charge on any atom is 0.235 e. The van der Waals surface area contributed by atoms with Crippen molar-refractivity contribution in [3.8, 4) is 11.5 Å². The van der Waals surface area contributed by atoms with Crippen LogP contribution in [0.1, 0.15) is 56.9 Å². The van der Waals surface area contributed by atoms with Gasteiger partial charge >= 0.3 is 0 Å². The van der Waals surface area contributed by atoms with Crippen molar-refractivity contribution in [3.63, 3.8) is 0 Å². The van der Waals surface area contributed by atoms with Crippen LogP contribution in [-0.2, 0) is 22.2 Å². The number of hydrogen-bond acceptors (Lipinski definition) is 3. The summed E-state index contributed by atoms with van der Waals surface area (Å²) in [6.45, 7) is 9.58. The van der Waals surface area contributed by atoms with Gasteiger partial charge in [0.05, 0.1) is 18.8 Å². The van der Waals surface area contributed by atoms with Gasteiger partial charge in [-0.15, -0.1) is 0 Å². The van der Waals surface area contributed by atoms with Crippen molar-refractivity contribution in [2.45, 2.75) is 70.7 Å². The van der Waals surface area contributed by atoms with Gasteiger partial charge in [0.25, 0.3) is 0 Å². The summed E-state index contributed by atoms with van der Waals surface area (Å²) in [6, 6.07) is 10.9. The Bertz CT molecular complexity index is 1190. The molecule has 2 radical (unpaired) electrons. The number of carbonyl (C=O) groups is 1. The number of anilines is 1. The molecule has 32 heavy (non-hydrogen) atoms. The molecule has 1 heterocycles. The van der Waals surface area contributed by atoms with E-state index in [2.05, 4.69) is 43.6 Å². The van der Waals surface area contributed by atoms with Gasteiger partial charge in [-0.25, -0.2) is 0 Å². The van der Waals surface area contributed by atoms with Crippen LogP contribution in [0.25, 0.3) is 10.9 Å². The lowest BCUT2D eigenvalue weighted by molar-refractivity contribution is -0.118. The van der Waals surface area contributed by atoms with Crippen molar-refractivity contribution in [1.29, 1.82) is 0 Å². The van der Waals surface area contributed by atoms with Crippen LogP contribution in [0.2, 0.25) is 6.32 Å². The molecule has 0 aliphatic heterocycles. The Morgan fingerprint density at radius 3 is 2.44 bits per heavy atom. The molecule has 6 heteroatoms. The van der Waals surface area contributed by atoms with E-state index in [1.165, 1.54) is 23.3 Å². The second-order valence-corrected chi connectivity index (χ2v) is 10.0. The third kappa shape index (κ3) is 3.87. The number of nitrogens with one attached hydrogen (secondary N) is 1. The van der Waals surface area contributed by atoms with Crippen LogP contribution >= 0.6 is 0 Å². The number of aromatic hydroxyl groups is 2. The van der Waals surface area contributed by atoms with E-state index in [9.17, 15) is 15.0 Å². The fraction of sp³-hybridized carbons (Fsp3) is 0.423. The van der Waals surface area contributed by atoms with E-state index < -0.39 is 5.41 Å². The summed E-state index contributed by atoms with van der Waals surface area (Å²) in [5, 5.41) is 23.7. The topological polar surface area (TPSA) is 74.5 Å². The van der Waals surface area contributed by atoms with E-state index in [4.69, 9.17) is 7.85 Å². The highest BCUT2D eigenvalue weighted by Crippen LogP contribution is 2.50. The zero-order valence-corrected chi connectivity index (χ0v) is 19.3. The highest BCUT2D eigenvalue weighted by Gasteiger charge is 2.51. The normalized spacial score (nSPS) is 15.1. The van der Waals surface area contributed by atoms with Gasteiger partial charge in [0.2, 0.25) is 5.91 Å². The van der Waals surface area contributed by atoms with E-state index >= 15 is 0 Å². The van der Waals surface area contributed by atoms with Gasteiger partial charge < -0.3 is 20.1 Å². The van der Waals surface area contributed by atoms with Gasteiger partial charge in [-0.2, -0.15) is 0 Å². The van der Waals surface area contributed by atoms with Crippen LogP contribution < -0.4 is 5.32 Å². The standard InChI is InChI=1S/C26H31BN2O3/c1-16-12-19(13-17-14-22(25(2,3)4)29(23(16)17)11-5-10-27)28-24(32)26(8-9-26)18-6-7-20(30)21(31)15-18/h6-7,12-15,30-31H,5,8-11H2,1-4H3,(H,28,32). The van der Waals surface area contributed by atoms with Crippen molar-refractivity contribution in [2.75, 3.05) is 5.32 Å². The first-order valence-corrected chi connectivity index (χ1v) is 11.3. The number of rotatable bonds is 6. The van der Waals surface area contributed by atoms with Gasteiger partial charge in [0, 0.05) is 28.7 Å². The van der Waals surface area contributed by atoms with Crippen LogP contribution in [0.15, 0.2) is 36.4 Å². The summed E-state index contributed by atoms with van der Waals surface area (Å²) >= 11 is 0. The van der Waals surface area contributed by atoms with Crippen molar-refractivity contribution in [3.05, 3.63) is 53.2 Å². The fourth-order valence-corrected chi connectivity index (χ4v) is 4.65. The molecule has 1 amide bonds. The molecule has 166 valence electrons. The molecule has 3 aromatic rings. The smallest absolute Gasteiger partial charge is 0.235 e. The van der Waals surface area contributed by atoms with E-state index in [1.54, 1.807) is 6.07 Å². The molecule has 0 atom stereocenters. The zero-order valence-electron chi connectivity index (χ0n) is 19.3. The molecule has 3 N–H and O–H groups in total.